The highest BCUT2D eigenvalue weighted by Gasteiger charge is 2.29. The molecule has 0 unspecified atom stereocenters. The minimum atomic E-state index is -0.0221. The summed E-state index contributed by atoms with van der Waals surface area (Å²) < 4.78 is 14.6. The molecule has 136 valence electrons. The molecule has 0 amide bonds. The minimum absolute atomic E-state index is 0.0221. The Hall–Kier alpha value is -2.60. The zero-order valence-electron chi connectivity index (χ0n) is 15.3. The predicted octanol–water partition coefficient (Wildman–Crippen LogP) is 2.75. The smallest absolute Gasteiger partial charge is 0.276 e. The maximum absolute atomic E-state index is 13.0. The number of nitrogens with zero attached hydrogens (tertiary/aromatic N) is 3. The van der Waals surface area contributed by atoms with Crippen molar-refractivity contribution in [2.24, 2.45) is 0 Å². The molecule has 3 aromatic rings. The van der Waals surface area contributed by atoms with Crippen molar-refractivity contribution in [2.45, 2.75) is 38.8 Å². The number of hydrogen-bond donors (Lipinski definition) is 0. The maximum Gasteiger partial charge on any atom is 0.276 e. The SMILES string of the molecule is COc1ccc(Cn2c(C)cn3c([C@@H]4CCO[C@H]4C)ncc3c2=O)cc1. The molecule has 6 heteroatoms. The van der Waals surface area contributed by atoms with Gasteiger partial charge in [0.05, 0.1) is 26.0 Å². The molecule has 0 saturated carbocycles. The molecule has 0 spiro atoms. The summed E-state index contributed by atoms with van der Waals surface area (Å²) in [5, 5.41) is 0. The highest BCUT2D eigenvalue weighted by Crippen LogP contribution is 2.30. The number of benzene rings is 1. The van der Waals surface area contributed by atoms with Gasteiger partial charge in [0.25, 0.3) is 5.56 Å². The molecular weight excluding hydrogens is 330 g/mol. The largest absolute Gasteiger partial charge is 0.497 e. The lowest BCUT2D eigenvalue weighted by atomic mass is 10.0. The van der Waals surface area contributed by atoms with Crippen LogP contribution in [0.3, 0.4) is 0 Å². The summed E-state index contributed by atoms with van der Waals surface area (Å²) in [5.41, 5.74) is 2.55. The normalized spacial score (nSPS) is 20.0. The topological polar surface area (TPSA) is 57.8 Å². The van der Waals surface area contributed by atoms with Gasteiger partial charge in [-0.05, 0) is 38.0 Å². The highest BCUT2D eigenvalue weighted by atomic mass is 16.5. The van der Waals surface area contributed by atoms with Gasteiger partial charge < -0.3 is 14.0 Å². The second-order valence-corrected chi connectivity index (χ2v) is 6.85. The van der Waals surface area contributed by atoms with E-state index in [9.17, 15) is 4.79 Å². The molecule has 1 saturated heterocycles. The minimum Gasteiger partial charge on any atom is -0.497 e. The fourth-order valence-corrected chi connectivity index (χ4v) is 3.68. The first kappa shape index (κ1) is 16.8. The van der Waals surface area contributed by atoms with Crippen LogP contribution in [0.15, 0.2) is 41.5 Å². The van der Waals surface area contributed by atoms with E-state index in [1.165, 1.54) is 0 Å². The number of imidazole rings is 1. The lowest BCUT2D eigenvalue weighted by Crippen LogP contribution is -2.25. The van der Waals surface area contributed by atoms with E-state index < -0.39 is 0 Å². The number of aromatic nitrogens is 3. The third-order valence-electron chi connectivity index (χ3n) is 5.24. The molecule has 0 bridgehead atoms. The van der Waals surface area contributed by atoms with E-state index in [1.54, 1.807) is 17.9 Å². The van der Waals surface area contributed by atoms with Crippen LogP contribution in [0.5, 0.6) is 5.75 Å². The van der Waals surface area contributed by atoms with Crippen molar-refractivity contribution in [1.82, 2.24) is 14.0 Å². The van der Waals surface area contributed by atoms with Crippen molar-refractivity contribution < 1.29 is 9.47 Å². The van der Waals surface area contributed by atoms with E-state index >= 15 is 0 Å². The van der Waals surface area contributed by atoms with Crippen molar-refractivity contribution in [2.75, 3.05) is 13.7 Å². The molecule has 1 aliphatic heterocycles. The summed E-state index contributed by atoms with van der Waals surface area (Å²) in [6.45, 7) is 5.29. The number of hydrogen-bond acceptors (Lipinski definition) is 4. The van der Waals surface area contributed by atoms with E-state index in [-0.39, 0.29) is 17.6 Å². The van der Waals surface area contributed by atoms with Crippen LogP contribution in [-0.2, 0) is 11.3 Å². The van der Waals surface area contributed by atoms with E-state index in [1.807, 2.05) is 41.8 Å². The second-order valence-electron chi connectivity index (χ2n) is 6.85. The number of ether oxygens (including phenoxy) is 2. The third-order valence-corrected chi connectivity index (χ3v) is 5.24. The van der Waals surface area contributed by atoms with Gasteiger partial charge in [-0.1, -0.05) is 12.1 Å². The van der Waals surface area contributed by atoms with Crippen molar-refractivity contribution >= 4 is 5.52 Å². The van der Waals surface area contributed by atoms with Gasteiger partial charge in [0.1, 0.15) is 17.1 Å². The average Bonchev–Trinajstić information content (AvgIpc) is 3.25. The molecule has 1 fully saturated rings. The van der Waals surface area contributed by atoms with Gasteiger partial charge in [-0.3, -0.25) is 9.20 Å². The van der Waals surface area contributed by atoms with Crippen LogP contribution in [0.2, 0.25) is 0 Å². The molecule has 6 nitrogen and oxygen atoms in total. The van der Waals surface area contributed by atoms with E-state index in [0.717, 1.165) is 35.9 Å². The van der Waals surface area contributed by atoms with Gasteiger partial charge in [-0.2, -0.15) is 0 Å². The summed E-state index contributed by atoms with van der Waals surface area (Å²) in [6, 6.07) is 7.78. The Balaban J connectivity index is 1.73. The number of aryl methyl sites for hydroxylation is 1. The van der Waals surface area contributed by atoms with Gasteiger partial charge in [0.2, 0.25) is 0 Å². The van der Waals surface area contributed by atoms with Crippen molar-refractivity contribution in [3.05, 3.63) is 64.1 Å². The van der Waals surface area contributed by atoms with Crippen LogP contribution in [0.1, 0.15) is 36.3 Å². The molecule has 1 aromatic carbocycles. The lowest BCUT2D eigenvalue weighted by molar-refractivity contribution is 0.117. The first-order chi connectivity index (χ1) is 12.6. The third kappa shape index (κ3) is 2.80. The Bertz CT molecular complexity index is 988. The first-order valence-electron chi connectivity index (χ1n) is 8.90. The van der Waals surface area contributed by atoms with Gasteiger partial charge in [0, 0.05) is 24.4 Å². The summed E-state index contributed by atoms with van der Waals surface area (Å²) in [4.78, 5) is 17.6. The van der Waals surface area contributed by atoms with Crippen LogP contribution in [-0.4, -0.2) is 33.8 Å². The fraction of sp³-hybridized carbons (Fsp3) is 0.400. The molecular formula is C20H23N3O3. The van der Waals surface area contributed by atoms with Gasteiger partial charge >= 0.3 is 0 Å². The Morgan fingerprint density at radius 1 is 1.31 bits per heavy atom. The van der Waals surface area contributed by atoms with E-state index in [0.29, 0.717) is 12.1 Å². The van der Waals surface area contributed by atoms with Crippen LogP contribution >= 0.6 is 0 Å². The molecule has 2 aromatic heterocycles. The van der Waals surface area contributed by atoms with Crippen LogP contribution in [0.4, 0.5) is 0 Å². The molecule has 26 heavy (non-hydrogen) atoms. The fourth-order valence-electron chi connectivity index (χ4n) is 3.68. The standard InChI is InChI=1S/C20H23N3O3/c1-13-11-23-18(10-21-19(23)17-8-9-26-14(17)2)20(24)22(13)12-15-4-6-16(25-3)7-5-15/h4-7,10-11,14,17H,8-9,12H2,1-3H3/t14-,17+/m0/s1. The summed E-state index contributed by atoms with van der Waals surface area (Å²) >= 11 is 0. The monoisotopic (exact) mass is 353 g/mol. The quantitative estimate of drug-likeness (QED) is 0.724. The number of fused-ring (bicyclic) bond motifs is 1. The molecule has 4 rings (SSSR count). The molecule has 0 aliphatic carbocycles. The summed E-state index contributed by atoms with van der Waals surface area (Å²) in [6.07, 6.45) is 4.76. The van der Waals surface area contributed by atoms with Crippen molar-refractivity contribution in [3.8, 4) is 5.75 Å². The van der Waals surface area contributed by atoms with Crippen LogP contribution in [0, 0.1) is 6.92 Å². The molecule has 0 radical (unpaired) electrons. The Labute approximate surface area is 152 Å². The molecule has 0 N–H and O–H groups in total. The molecule has 3 heterocycles. The van der Waals surface area contributed by atoms with Crippen molar-refractivity contribution in [1.29, 1.82) is 0 Å². The lowest BCUT2D eigenvalue weighted by Gasteiger charge is -2.15. The molecule has 1 aliphatic rings. The predicted molar refractivity (Wildman–Crippen MR) is 99.1 cm³/mol. The van der Waals surface area contributed by atoms with Crippen LogP contribution in [0.25, 0.3) is 5.52 Å². The van der Waals surface area contributed by atoms with Gasteiger partial charge in [-0.15, -0.1) is 0 Å². The Kier molecular flexibility index (Phi) is 4.28. The van der Waals surface area contributed by atoms with Crippen molar-refractivity contribution in [3.63, 3.8) is 0 Å². The zero-order valence-corrected chi connectivity index (χ0v) is 15.3. The summed E-state index contributed by atoms with van der Waals surface area (Å²) in [7, 11) is 1.64. The van der Waals surface area contributed by atoms with E-state index in [2.05, 4.69) is 11.9 Å². The zero-order chi connectivity index (χ0) is 18.3. The first-order valence-corrected chi connectivity index (χ1v) is 8.90. The maximum atomic E-state index is 13.0. The molecule has 2 atom stereocenters. The van der Waals surface area contributed by atoms with Gasteiger partial charge in [0.15, 0.2) is 0 Å². The second kappa shape index (κ2) is 6.61. The van der Waals surface area contributed by atoms with E-state index in [4.69, 9.17) is 9.47 Å². The average molecular weight is 353 g/mol. The Morgan fingerprint density at radius 2 is 2.08 bits per heavy atom. The van der Waals surface area contributed by atoms with Crippen LogP contribution < -0.4 is 10.3 Å². The summed E-state index contributed by atoms with van der Waals surface area (Å²) in [5.74, 6) is 1.96. The number of rotatable bonds is 4. The Morgan fingerprint density at radius 3 is 2.73 bits per heavy atom. The number of methoxy groups -OCH3 is 1. The van der Waals surface area contributed by atoms with Gasteiger partial charge in [-0.25, -0.2) is 4.98 Å². The highest BCUT2D eigenvalue weighted by molar-refractivity contribution is 5.45.